The number of carbonyl (C=O) groups excluding carboxylic acids is 1. The van der Waals surface area contributed by atoms with Gasteiger partial charge in [-0.1, -0.05) is 30.3 Å². The van der Waals surface area contributed by atoms with Gasteiger partial charge in [0.1, 0.15) is 11.9 Å². The van der Waals surface area contributed by atoms with Crippen LogP contribution in [-0.2, 0) is 16.9 Å². The summed E-state index contributed by atoms with van der Waals surface area (Å²) in [6.07, 6.45) is 2.99. The van der Waals surface area contributed by atoms with Crippen molar-refractivity contribution in [2.24, 2.45) is 5.73 Å². The third-order valence-corrected chi connectivity index (χ3v) is 3.08. The molecule has 1 aromatic carbocycles. The van der Waals surface area contributed by atoms with Crippen LogP contribution in [0.25, 0.3) is 0 Å². The minimum Gasteiger partial charge on any atom is -0.368 e. The smallest absolute Gasteiger partial charge is 0.243 e. The van der Waals surface area contributed by atoms with Gasteiger partial charge in [-0.25, -0.2) is 9.97 Å². The van der Waals surface area contributed by atoms with Crippen LogP contribution in [-0.4, -0.2) is 15.9 Å². The largest absolute Gasteiger partial charge is 0.368 e. The highest BCUT2D eigenvalue weighted by Gasteiger charge is 2.34. The quantitative estimate of drug-likeness (QED) is 0.835. The van der Waals surface area contributed by atoms with E-state index in [-0.39, 0.29) is 0 Å². The molecule has 0 aliphatic rings. The van der Waals surface area contributed by atoms with Crippen LogP contribution in [0.5, 0.6) is 0 Å². The monoisotopic (exact) mass is 256 g/mol. The molecule has 1 heterocycles. The Morgan fingerprint density at radius 1 is 1.32 bits per heavy atom. The molecule has 2 rings (SSSR count). The zero-order valence-corrected chi connectivity index (χ0v) is 10.7. The summed E-state index contributed by atoms with van der Waals surface area (Å²) < 4.78 is 0. The fourth-order valence-corrected chi connectivity index (χ4v) is 1.77. The lowest BCUT2D eigenvalue weighted by Crippen LogP contribution is -2.50. The molecular formula is C14H16N4O. The van der Waals surface area contributed by atoms with Crippen LogP contribution >= 0.6 is 0 Å². The number of amides is 1. The first-order valence-corrected chi connectivity index (χ1v) is 5.98. The molecule has 19 heavy (non-hydrogen) atoms. The lowest BCUT2D eigenvalue weighted by molar-refractivity contribution is -0.124. The second-order valence-electron chi connectivity index (χ2n) is 4.42. The van der Waals surface area contributed by atoms with Crippen molar-refractivity contribution in [3.63, 3.8) is 0 Å². The summed E-state index contributed by atoms with van der Waals surface area (Å²) in [5.41, 5.74) is 6.12. The molecule has 0 fully saturated rings. The van der Waals surface area contributed by atoms with Gasteiger partial charge in [0.2, 0.25) is 5.91 Å². The van der Waals surface area contributed by atoms with Crippen LogP contribution in [0.1, 0.15) is 18.2 Å². The van der Waals surface area contributed by atoms with E-state index in [1.165, 1.54) is 6.33 Å². The number of rotatable bonds is 5. The molecule has 2 aromatic rings. The number of nitrogens with zero attached hydrogens (tertiary/aromatic N) is 2. The number of hydrogen-bond donors (Lipinski definition) is 2. The van der Waals surface area contributed by atoms with E-state index in [0.717, 1.165) is 5.56 Å². The Bertz CT molecular complexity index is 544. The predicted molar refractivity (Wildman–Crippen MR) is 71.9 cm³/mol. The van der Waals surface area contributed by atoms with E-state index >= 15 is 0 Å². The maximum absolute atomic E-state index is 11.7. The van der Waals surface area contributed by atoms with Crippen LogP contribution in [0, 0.1) is 0 Å². The molecule has 5 heteroatoms. The maximum Gasteiger partial charge on any atom is 0.243 e. The average molecular weight is 256 g/mol. The van der Waals surface area contributed by atoms with Gasteiger partial charge < -0.3 is 5.73 Å². The van der Waals surface area contributed by atoms with Gasteiger partial charge in [0.05, 0.1) is 5.69 Å². The highest BCUT2D eigenvalue weighted by molar-refractivity contribution is 5.85. The fourth-order valence-electron chi connectivity index (χ4n) is 1.77. The van der Waals surface area contributed by atoms with Crippen LogP contribution < -0.4 is 11.1 Å². The van der Waals surface area contributed by atoms with Crippen molar-refractivity contribution in [1.82, 2.24) is 15.3 Å². The van der Waals surface area contributed by atoms with E-state index in [1.807, 2.05) is 30.3 Å². The van der Waals surface area contributed by atoms with E-state index in [1.54, 1.807) is 19.2 Å². The third kappa shape index (κ3) is 2.95. The SMILES string of the molecule is CC(NCc1ccccc1)(C(N)=O)c1ccncn1. The molecule has 1 amide bonds. The lowest BCUT2D eigenvalue weighted by Gasteiger charge is -2.26. The molecule has 98 valence electrons. The van der Waals surface area contributed by atoms with Gasteiger partial charge in [-0.2, -0.15) is 0 Å². The van der Waals surface area contributed by atoms with Crippen molar-refractivity contribution in [1.29, 1.82) is 0 Å². The van der Waals surface area contributed by atoms with Crippen LogP contribution in [0.15, 0.2) is 48.9 Å². The third-order valence-electron chi connectivity index (χ3n) is 3.08. The van der Waals surface area contributed by atoms with E-state index < -0.39 is 11.4 Å². The number of hydrogen-bond acceptors (Lipinski definition) is 4. The van der Waals surface area contributed by atoms with E-state index in [0.29, 0.717) is 12.2 Å². The summed E-state index contributed by atoms with van der Waals surface area (Å²) in [5.74, 6) is -0.470. The van der Waals surface area contributed by atoms with Crippen LogP contribution in [0.2, 0.25) is 0 Å². The van der Waals surface area contributed by atoms with Gasteiger partial charge >= 0.3 is 0 Å². The predicted octanol–water partition coefficient (Wildman–Crippen LogP) is 0.967. The molecule has 5 nitrogen and oxygen atoms in total. The summed E-state index contributed by atoms with van der Waals surface area (Å²) >= 11 is 0. The zero-order chi connectivity index (χ0) is 13.7. The van der Waals surface area contributed by atoms with Gasteiger partial charge in [0.15, 0.2) is 0 Å². The van der Waals surface area contributed by atoms with Crippen molar-refractivity contribution in [2.45, 2.75) is 19.0 Å². The Hall–Kier alpha value is -2.27. The summed E-state index contributed by atoms with van der Waals surface area (Å²) in [5, 5.41) is 3.16. The molecule has 0 spiro atoms. The summed E-state index contributed by atoms with van der Waals surface area (Å²) in [7, 11) is 0. The molecule has 1 atom stereocenters. The number of carbonyl (C=O) groups is 1. The first kappa shape index (κ1) is 13.2. The standard InChI is InChI=1S/C14H16N4O/c1-14(13(15)19,12-7-8-16-10-17-12)18-9-11-5-3-2-4-6-11/h2-8,10,18H,9H2,1H3,(H2,15,19). The van der Waals surface area contributed by atoms with E-state index in [4.69, 9.17) is 5.73 Å². The Balaban J connectivity index is 2.19. The van der Waals surface area contributed by atoms with Crippen LogP contribution in [0.3, 0.4) is 0 Å². The van der Waals surface area contributed by atoms with Crippen molar-refractivity contribution >= 4 is 5.91 Å². The number of nitrogens with one attached hydrogen (secondary N) is 1. The Kier molecular flexibility index (Phi) is 3.87. The second kappa shape index (κ2) is 5.58. The summed E-state index contributed by atoms with van der Waals surface area (Å²) in [6, 6.07) is 11.5. The van der Waals surface area contributed by atoms with Gasteiger partial charge in [0, 0.05) is 12.7 Å². The molecule has 0 saturated carbocycles. The molecule has 3 N–H and O–H groups in total. The van der Waals surface area contributed by atoms with Crippen molar-refractivity contribution < 1.29 is 4.79 Å². The average Bonchev–Trinajstić information content (AvgIpc) is 2.46. The molecule has 1 unspecified atom stereocenters. The topological polar surface area (TPSA) is 80.9 Å². The highest BCUT2D eigenvalue weighted by atomic mass is 16.1. The Labute approximate surface area is 111 Å². The summed E-state index contributed by atoms with van der Waals surface area (Å²) in [4.78, 5) is 19.7. The Morgan fingerprint density at radius 3 is 2.63 bits per heavy atom. The van der Waals surface area contributed by atoms with Gasteiger partial charge in [-0.3, -0.25) is 10.1 Å². The molecular weight excluding hydrogens is 240 g/mol. The van der Waals surface area contributed by atoms with Gasteiger partial charge in [-0.05, 0) is 18.6 Å². The fraction of sp³-hybridized carbons (Fsp3) is 0.214. The maximum atomic E-state index is 11.7. The second-order valence-corrected chi connectivity index (χ2v) is 4.42. The molecule has 0 bridgehead atoms. The zero-order valence-electron chi connectivity index (χ0n) is 10.7. The minimum absolute atomic E-state index is 0.470. The highest BCUT2D eigenvalue weighted by Crippen LogP contribution is 2.18. The number of aromatic nitrogens is 2. The van der Waals surface area contributed by atoms with Crippen molar-refractivity contribution in [3.8, 4) is 0 Å². The minimum atomic E-state index is -1.02. The first-order chi connectivity index (χ1) is 9.13. The van der Waals surface area contributed by atoms with Gasteiger partial charge in [0.25, 0.3) is 0 Å². The first-order valence-electron chi connectivity index (χ1n) is 5.98. The molecule has 0 aliphatic heterocycles. The molecule has 0 radical (unpaired) electrons. The Morgan fingerprint density at radius 2 is 2.05 bits per heavy atom. The molecule has 1 aromatic heterocycles. The number of benzene rings is 1. The molecule has 0 aliphatic carbocycles. The number of primary amides is 1. The lowest BCUT2D eigenvalue weighted by atomic mass is 9.96. The van der Waals surface area contributed by atoms with Crippen molar-refractivity contribution in [2.75, 3.05) is 0 Å². The van der Waals surface area contributed by atoms with E-state index in [2.05, 4.69) is 15.3 Å². The number of nitrogens with two attached hydrogens (primary N) is 1. The normalized spacial score (nSPS) is 13.7. The summed E-state index contributed by atoms with van der Waals surface area (Å²) in [6.45, 7) is 2.25. The van der Waals surface area contributed by atoms with E-state index in [9.17, 15) is 4.79 Å². The van der Waals surface area contributed by atoms with Gasteiger partial charge in [-0.15, -0.1) is 0 Å². The van der Waals surface area contributed by atoms with Crippen molar-refractivity contribution in [3.05, 3.63) is 60.2 Å². The van der Waals surface area contributed by atoms with Crippen LogP contribution in [0.4, 0.5) is 0 Å². The molecule has 0 saturated heterocycles.